The van der Waals surface area contributed by atoms with E-state index < -0.39 is 5.97 Å². The summed E-state index contributed by atoms with van der Waals surface area (Å²) < 4.78 is 11.3. The Hall–Kier alpha value is -2.93. The van der Waals surface area contributed by atoms with Crippen molar-refractivity contribution in [2.75, 3.05) is 6.54 Å². The number of rotatable bonds is 6. The Morgan fingerprint density at radius 1 is 1.08 bits per heavy atom. The Bertz CT molecular complexity index is 891. The molecule has 2 aromatic carbocycles. The lowest BCUT2D eigenvalue weighted by Gasteiger charge is -2.05. The normalized spacial score (nSPS) is 10.3. The maximum Gasteiger partial charge on any atom is 0.325 e. The molecule has 0 atom stereocenters. The molecule has 0 saturated heterocycles. The molecular weight excluding hydrogens is 400 g/mol. The molecular formula is C19H15BrN2O4. The highest BCUT2D eigenvalue weighted by molar-refractivity contribution is 9.10. The second kappa shape index (κ2) is 8.44. The van der Waals surface area contributed by atoms with Crippen LogP contribution in [0.4, 0.5) is 0 Å². The minimum atomic E-state index is -0.556. The molecule has 0 aliphatic rings. The van der Waals surface area contributed by atoms with E-state index in [9.17, 15) is 9.59 Å². The fraction of sp³-hybridized carbons (Fsp3) is 0.105. The van der Waals surface area contributed by atoms with Gasteiger partial charge in [-0.15, -0.1) is 0 Å². The predicted molar refractivity (Wildman–Crippen MR) is 98.2 cm³/mol. The maximum atomic E-state index is 11.9. The lowest BCUT2D eigenvalue weighted by molar-refractivity contribution is -0.143. The molecule has 3 aromatic rings. The van der Waals surface area contributed by atoms with Gasteiger partial charge in [-0.05, 0) is 36.4 Å². The van der Waals surface area contributed by atoms with Gasteiger partial charge in [-0.3, -0.25) is 9.59 Å². The van der Waals surface area contributed by atoms with E-state index in [4.69, 9.17) is 9.15 Å². The molecule has 1 heterocycles. The van der Waals surface area contributed by atoms with Crippen LogP contribution >= 0.6 is 15.9 Å². The number of aromatic nitrogens is 1. The molecule has 132 valence electrons. The van der Waals surface area contributed by atoms with Crippen LogP contribution in [0.3, 0.4) is 0 Å². The number of benzene rings is 2. The molecule has 0 fully saturated rings. The van der Waals surface area contributed by atoms with Crippen molar-refractivity contribution in [3.8, 4) is 11.5 Å². The summed E-state index contributed by atoms with van der Waals surface area (Å²) in [5.74, 6) is -0.442. The van der Waals surface area contributed by atoms with Crippen molar-refractivity contribution in [3.63, 3.8) is 0 Å². The van der Waals surface area contributed by atoms with Gasteiger partial charge in [0, 0.05) is 15.6 Å². The molecule has 0 aliphatic heterocycles. The second-order valence-corrected chi connectivity index (χ2v) is 6.28. The van der Waals surface area contributed by atoms with Crippen LogP contribution in [0.5, 0.6) is 0 Å². The van der Waals surface area contributed by atoms with Crippen LogP contribution in [0.2, 0.25) is 0 Å². The fourth-order valence-corrected chi connectivity index (χ4v) is 2.41. The third kappa shape index (κ3) is 4.80. The Balaban J connectivity index is 1.46. The number of carbonyl (C=O) groups excluding carboxylic acids is 2. The molecule has 0 bridgehead atoms. The van der Waals surface area contributed by atoms with E-state index in [0.717, 1.165) is 10.0 Å². The van der Waals surface area contributed by atoms with E-state index >= 15 is 0 Å². The summed E-state index contributed by atoms with van der Waals surface area (Å²) in [6.07, 6.45) is 1.44. The molecule has 0 radical (unpaired) electrons. The zero-order valence-electron chi connectivity index (χ0n) is 13.6. The molecule has 0 aliphatic carbocycles. The number of esters is 1. The number of amides is 1. The van der Waals surface area contributed by atoms with Crippen molar-refractivity contribution in [2.45, 2.75) is 6.61 Å². The first-order chi connectivity index (χ1) is 12.6. The number of hydrogen-bond acceptors (Lipinski definition) is 5. The van der Waals surface area contributed by atoms with E-state index in [-0.39, 0.29) is 19.1 Å². The SMILES string of the molecule is O=C(CNC(=O)c1ccc(Br)cc1)OCc1coc(-c2ccccc2)n1. The number of carbonyl (C=O) groups is 2. The number of hydrogen-bond donors (Lipinski definition) is 1. The van der Waals surface area contributed by atoms with Gasteiger partial charge in [-0.1, -0.05) is 34.1 Å². The minimum Gasteiger partial charge on any atom is -0.458 e. The summed E-state index contributed by atoms with van der Waals surface area (Å²) in [6.45, 7) is -0.248. The van der Waals surface area contributed by atoms with Gasteiger partial charge >= 0.3 is 5.97 Å². The molecule has 3 rings (SSSR count). The predicted octanol–water partition coefficient (Wildman–Crippen LogP) is 3.58. The number of nitrogens with zero attached hydrogens (tertiary/aromatic N) is 1. The van der Waals surface area contributed by atoms with Gasteiger partial charge in [0.2, 0.25) is 5.89 Å². The zero-order valence-corrected chi connectivity index (χ0v) is 15.2. The zero-order chi connectivity index (χ0) is 18.4. The van der Waals surface area contributed by atoms with Crippen molar-refractivity contribution in [1.29, 1.82) is 0 Å². The van der Waals surface area contributed by atoms with Crippen LogP contribution in [-0.2, 0) is 16.1 Å². The van der Waals surface area contributed by atoms with Crippen LogP contribution < -0.4 is 5.32 Å². The Kier molecular flexibility index (Phi) is 5.80. The summed E-state index contributed by atoms with van der Waals surface area (Å²) >= 11 is 3.30. The smallest absolute Gasteiger partial charge is 0.325 e. The van der Waals surface area contributed by atoms with E-state index in [1.54, 1.807) is 24.3 Å². The van der Waals surface area contributed by atoms with Crippen molar-refractivity contribution >= 4 is 27.8 Å². The average molecular weight is 415 g/mol. The molecule has 0 spiro atoms. The van der Waals surface area contributed by atoms with Gasteiger partial charge in [-0.2, -0.15) is 0 Å². The molecule has 1 aromatic heterocycles. The van der Waals surface area contributed by atoms with Crippen molar-refractivity contribution in [2.24, 2.45) is 0 Å². The second-order valence-electron chi connectivity index (χ2n) is 5.36. The fourth-order valence-electron chi connectivity index (χ4n) is 2.15. The highest BCUT2D eigenvalue weighted by Gasteiger charge is 2.11. The van der Waals surface area contributed by atoms with E-state index in [1.165, 1.54) is 6.26 Å². The minimum absolute atomic E-state index is 0.0245. The van der Waals surface area contributed by atoms with E-state index in [0.29, 0.717) is 17.1 Å². The Morgan fingerprint density at radius 2 is 1.81 bits per heavy atom. The molecule has 1 N–H and O–H groups in total. The first-order valence-electron chi connectivity index (χ1n) is 7.81. The third-order valence-electron chi connectivity index (χ3n) is 3.45. The third-order valence-corrected chi connectivity index (χ3v) is 3.98. The summed E-state index contributed by atoms with van der Waals surface area (Å²) in [5.41, 5.74) is 1.80. The van der Waals surface area contributed by atoms with Crippen LogP contribution in [0, 0.1) is 0 Å². The van der Waals surface area contributed by atoms with Gasteiger partial charge in [0.15, 0.2) is 0 Å². The number of oxazole rings is 1. The molecule has 0 saturated carbocycles. The van der Waals surface area contributed by atoms with Crippen LogP contribution in [0.15, 0.2) is 69.8 Å². The van der Waals surface area contributed by atoms with Crippen molar-refractivity contribution in [3.05, 3.63) is 76.6 Å². The number of halogens is 1. The maximum absolute atomic E-state index is 11.9. The molecule has 0 unspecified atom stereocenters. The lowest BCUT2D eigenvalue weighted by Crippen LogP contribution is -2.30. The number of nitrogens with one attached hydrogen (secondary N) is 1. The quantitative estimate of drug-likeness (QED) is 0.623. The monoisotopic (exact) mass is 414 g/mol. The van der Waals surface area contributed by atoms with Crippen LogP contribution in [-0.4, -0.2) is 23.4 Å². The molecule has 6 nitrogen and oxygen atoms in total. The summed E-state index contributed by atoms with van der Waals surface area (Å²) in [4.78, 5) is 28.0. The van der Waals surface area contributed by atoms with Gasteiger partial charge < -0.3 is 14.5 Å². The van der Waals surface area contributed by atoms with Crippen LogP contribution in [0.1, 0.15) is 16.1 Å². The lowest BCUT2D eigenvalue weighted by atomic mass is 10.2. The van der Waals surface area contributed by atoms with Crippen molar-refractivity contribution in [1.82, 2.24) is 10.3 Å². The van der Waals surface area contributed by atoms with Gasteiger partial charge in [0.25, 0.3) is 5.91 Å². The van der Waals surface area contributed by atoms with Gasteiger partial charge in [0.1, 0.15) is 25.1 Å². The largest absolute Gasteiger partial charge is 0.458 e. The average Bonchev–Trinajstić information content (AvgIpc) is 3.15. The summed E-state index contributed by atoms with van der Waals surface area (Å²) in [6, 6.07) is 16.2. The molecule has 1 amide bonds. The number of ether oxygens (including phenoxy) is 1. The van der Waals surface area contributed by atoms with Crippen LogP contribution in [0.25, 0.3) is 11.5 Å². The topological polar surface area (TPSA) is 81.4 Å². The van der Waals surface area contributed by atoms with Gasteiger partial charge in [0.05, 0.1) is 0 Å². The van der Waals surface area contributed by atoms with E-state index in [1.807, 2.05) is 30.3 Å². The highest BCUT2D eigenvalue weighted by atomic mass is 79.9. The summed E-state index contributed by atoms with van der Waals surface area (Å²) in [7, 11) is 0. The van der Waals surface area contributed by atoms with Gasteiger partial charge in [-0.25, -0.2) is 4.98 Å². The molecule has 7 heteroatoms. The molecule has 26 heavy (non-hydrogen) atoms. The first-order valence-corrected chi connectivity index (χ1v) is 8.60. The Labute approximate surface area is 158 Å². The standard InChI is InChI=1S/C19H15BrN2O4/c20-15-8-6-13(7-9-15)18(24)21-10-17(23)25-11-16-12-26-19(22-16)14-4-2-1-3-5-14/h1-9,12H,10-11H2,(H,21,24). The first kappa shape index (κ1) is 17.9. The Morgan fingerprint density at radius 3 is 2.54 bits per heavy atom. The van der Waals surface area contributed by atoms with E-state index in [2.05, 4.69) is 26.2 Å². The highest BCUT2D eigenvalue weighted by Crippen LogP contribution is 2.18. The van der Waals surface area contributed by atoms with Crippen molar-refractivity contribution < 1.29 is 18.7 Å². The summed E-state index contributed by atoms with van der Waals surface area (Å²) in [5, 5.41) is 2.51.